The summed E-state index contributed by atoms with van der Waals surface area (Å²) >= 11 is 4.54. The van der Waals surface area contributed by atoms with E-state index in [0.717, 1.165) is 16.8 Å². The van der Waals surface area contributed by atoms with Crippen molar-refractivity contribution in [3.05, 3.63) is 41.5 Å². The summed E-state index contributed by atoms with van der Waals surface area (Å²) < 4.78 is 5.59. The summed E-state index contributed by atoms with van der Waals surface area (Å²) in [6.07, 6.45) is 1.77. The van der Waals surface area contributed by atoms with Gasteiger partial charge in [-0.1, -0.05) is 23.8 Å². The molecule has 0 amide bonds. The van der Waals surface area contributed by atoms with Gasteiger partial charge in [0.2, 0.25) is 0 Å². The van der Waals surface area contributed by atoms with Gasteiger partial charge < -0.3 is 14.9 Å². The Hall–Kier alpha value is -2.38. The second-order valence-corrected chi connectivity index (χ2v) is 5.55. The molecule has 0 heterocycles. The van der Waals surface area contributed by atoms with E-state index in [0.29, 0.717) is 13.2 Å². The number of carbonyl (C=O) groups is 2. The Balaban J connectivity index is 2.44. The highest BCUT2D eigenvalue weighted by molar-refractivity contribution is 7.78. The van der Waals surface area contributed by atoms with Gasteiger partial charge in [-0.25, -0.2) is 0 Å². The highest BCUT2D eigenvalue weighted by Crippen LogP contribution is 2.13. The third kappa shape index (κ3) is 9.49. The van der Waals surface area contributed by atoms with Gasteiger partial charge in [-0.2, -0.15) is 4.99 Å². The van der Waals surface area contributed by atoms with Crippen molar-refractivity contribution in [1.29, 1.82) is 0 Å². The Morgan fingerprint density at radius 1 is 1.24 bits per heavy atom. The molecule has 8 heteroatoms. The summed E-state index contributed by atoms with van der Waals surface area (Å²) in [7, 11) is 0. The van der Waals surface area contributed by atoms with E-state index < -0.39 is 11.9 Å². The lowest BCUT2D eigenvalue weighted by atomic mass is 10.2. The van der Waals surface area contributed by atoms with Crippen LogP contribution in [0, 0.1) is 0 Å². The van der Waals surface area contributed by atoms with Crippen LogP contribution in [0.1, 0.15) is 12.5 Å². The maximum Gasteiger partial charge on any atom is 0.317 e. The number of hydrogen-bond acceptors (Lipinski definition) is 6. The molecular formula is C17H20N2O5S. The minimum atomic E-state index is -1.06. The maximum absolute atomic E-state index is 10.7. The standard InChI is InChI=1S/C17H20N2O5S/c1-13(6-7-19(8-16(20)21)9-17(22)23)10-24-11-14-2-4-15(5-3-14)18-12-25/h2-6H,7-11H2,1H3,(H,20,21)(H,22,23). The van der Waals surface area contributed by atoms with Crippen molar-refractivity contribution in [2.45, 2.75) is 13.5 Å². The molecule has 0 aromatic heterocycles. The quantitative estimate of drug-likeness (QED) is 0.353. The fourth-order valence-corrected chi connectivity index (χ4v) is 2.07. The van der Waals surface area contributed by atoms with Crippen LogP contribution in [0.25, 0.3) is 0 Å². The summed E-state index contributed by atoms with van der Waals surface area (Å²) in [6.45, 7) is 2.21. The molecule has 0 unspecified atom stereocenters. The number of carboxylic acids is 2. The third-order valence-corrected chi connectivity index (χ3v) is 3.22. The number of aliphatic carboxylic acids is 2. The molecule has 0 aliphatic carbocycles. The number of nitrogens with zero attached hydrogens (tertiary/aromatic N) is 2. The van der Waals surface area contributed by atoms with E-state index in [1.807, 2.05) is 31.2 Å². The van der Waals surface area contributed by atoms with E-state index in [2.05, 4.69) is 22.4 Å². The first-order valence-electron chi connectivity index (χ1n) is 7.47. The molecule has 0 fully saturated rings. The highest BCUT2D eigenvalue weighted by atomic mass is 32.1. The van der Waals surface area contributed by atoms with Gasteiger partial charge in [0.05, 0.1) is 37.2 Å². The molecule has 0 spiro atoms. The second-order valence-electron chi connectivity index (χ2n) is 5.37. The van der Waals surface area contributed by atoms with E-state index >= 15 is 0 Å². The fraction of sp³-hybridized carbons (Fsp3) is 0.353. The van der Waals surface area contributed by atoms with Crippen LogP contribution in [0.4, 0.5) is 5.69 Å². The van der Waals surface area contributed by atoms with Gasteiger partial charge in [0.25, 0.3) is 0 Å². The average molecular weight is 364 g/mol. The summed E-state index contributed by atoms with van der Waals surface area (Å²) in [5.41, 5.74) is 2.60. The predicted molar refractivity (Wildman–Crippen MR) is 96.3 cm³/mol. The van der Waals surface area contributed by atoms with Crippen LogP contribution >= 0.6 is 12.2 Å². The lowest BCUT2D eigenvalue weighted by Gasteiger charge is -2.16. The average Bonchev–Trinajstić information content (AvgIpc) is 2.53. The van der Waals surface area contributed by atoms with Crippen LogP contribution in [-0.4, -0.2) is 58.5 Å². The van der Waals surface area contributed by atoms with Gasteiger partial charge in [0.1, 0.15) is 0 Å². The Labute approximate surface area is 151 Å². The maximum atomic E-state index is 10.7. The number of isothiocyanates is 1. The summed E-state index contributed by atoms with van der Waals surface area (Å²) in [5, 5.41) is 19.9. The molecular weight excluding hydrogens is 344 g/mol. The van der Waals surface area contributed by atoms with Crippen LogP contribution in [0.3, 0.4) is 0 Å². The lowest BCUT2D eigenvalue weighted by Crippen LogP contribution is -2.34. The van der Waals surface area contributed by atoms with Crippen LogP contribution in [0.15, 0.2) is 40.9 Å². The van der Waals surface area contributed by atoms with E-state index in [1.165, 1.54) is 4.90 Å². The molecule has 0 radical (unpaired) electrons. The topological polar surface area (TPSA) is 99.4 Å². The molecule has 0 aliphatic rings. The van der Waals surface area contributed by atoms with E-state index in [1.54, 1.807) is 6.08 Å². The number of ether oxygens (including phenoxy) is 1. The number of aliphatic imine (C=N–C) groups is 1. The number of benzene rings is 1. The van der Waals surface area contributed by atoms with E-state index in [9.17, 15) is 9.59 Å². The Morgan fingerprint density at radius 3 is 2.36 bits per heavy atom. The van der Waals surface area contributed by atoms with Gasteiger partial charge in [-0.15, -0.1) is 0 Å². The summed E-state index contributed by atoms with van der Waals surface area (Å²) in [5.74, 6) is -2.13. The van der Waals surface area contributed by atoms with Gasteiger partial charge in [0.15, 0.2) is 0 Å². The summed E-state index contributed by atoms with van der Waals surface area (Å²) in [6, 6.07) is 7.39. The minimum Gasteiger partial charge on any atom is -0.480 e. The molecule has 2 N–H and O–H groups in total. The smallest absolute Gasteiger partial charge is 0.317 e. The molecule has 1 aromatic carbocycles. The van der Waals surface area contributed by atoms with Crippen molar-refractivity contribution in [2.75, 3.05) is 26.2 Å². The first kappa shape index (κ1) is 20.7. The highest BCUT2D eigenvalue weighted by Gasteiger charge is 2.11. The lowest BCUT2D eigenvalue weighted by molar-refractivity contribution is -0.141. The number of carboxylic acid groups (broad SMARTS) is 2. The van der Waals surface area contributed by atoms with Crippen molar-refractivity contribution in [3.63, 3.8) is 0 Å². The van der Waals surface area contributed by atoms with E-state index in [4.69, 9.17) is 14.9 Å². The molecule has 0 saturated carbocycles. The number of rotatable bonds is 11. The van der Waals surface area contributed by atoms with Gasteiger partial charge >= 0.3 is 11.9 Å². The molecule has 0 bridgehead atoms. The second kappa shape index (κ2) is 11.2. The molecule has 0 atom stereocenters. The Kier molecular flexibility index (Phi) is 9.28. The van der Waals surface area contributed by atoms with Gasteiger partial charge in [-0.3, -0.25) is 14.5 Å². The zero-order valence-electron chi connectivity index (χ0n) is 13.8. The molecule has 1 aromatic rings. The van der Waals surface area contributed by atoms with E-state index in [-0.39, 0.29) is 19.6 Å². The molecule has 25 heavy (non-hydrogen) atoms. The van der Waals surface area contributed by atoms with Crippen molar-refractivity contribution in [1.82, 2.24) is 4.90 Å². The van der Waals surface area contributed by atoms with Gasteiger partial charge in [0, 0.05) is 6.54 Å². The molecule has 7 nitrogen and oxygen atoms in total. The molecule has 0 saturated heterocycles. The van der Waals surface area contributed by atoms with Crippen LogP contribution in [0.2, 0.25) is 0 Å². The molecule has 0 aliphatic heterocycles. The van der Waals surface area contributed by atoms with Crippen molar-refractivity contribution < 1.29 is 24.5 Å². The Bertz CT molecular complexity index is 650. The van der Waals surface area contributed by atoms with Crippen LogP contribution in [-0.2, 0) is 20.9 Å². The fourth-order valence-electron chi connectivity index (χ4n) is 1.96. The van der Waals surface area contributed by atoms with Crippen molar-refractivity contribution in [3.8, 4) is 0 Å². The Morgan fingerprint density at radius 2 is 1.84 bits per heavy atom. The largest absolute Gasteiger partial charge is 0.480 e. The first-order chi connectivity index (χ1) is 11.9. The molecule has 1 rings (SSSR count). The van der Waals surface area contributed by atoms with Crippen LogP contribution in [0.5, 0.6) is 0 Å². The van der Waals surface area contributed by atoms with Gasteiger partial charge in [-0.05, 0) is 36.8 Å². The summed E-state index contributed by atoms with van der Waals surface area (Å²) in [4.78, 5) is 26.7. The molecule has 134 valence electrons. The normalized spacial score (nSPS) is 11.2. The zero-order valence-corrected chi connectivity index (χ0v) is 14.7. The van der Waals surface area contributed by atoms with Crippen LogP contribution < -0.4 is 0 Å². The third-order valence-electron chi connectivity index (χ3n) is 3.13. The number of thiocarbonyl (C=S) groups is 1. The monoisotopic (exact) mass is 364 g/mol. The SMILES string of the molecule is CC(=CCN(CC(=O)O)CC(=O)O)COCc1ccc(N=C=S)cc1. The predicted octanol–water partition coefficient (Wildman–Crippen LogP) is 2.36. The van der Waals surface area contributed by atoms with Crippen molar-refractivity contribution in [2.24, 2.45) is 4.99 Å². The first-order valence-corrected chi connectivity index (χ1v) is 7.87. The number of hydrogen-bond donors (Lipinski definition) is 2. The van der Waals surface area contributed by atoms with Crippen molar-refractivity contribution >= 4 is 35.0 Å². The minimum absolute atomic E-state index is 0.234. The zero-order chi connectivity index (χ0) is 18.7.